The maximum Gasteiger partial charge on any atom is 0.433 e. The number of benzene rings is 1. The number of nitriles is 1. The van der Waals surface area contributed by atoms with Crippen molar-refractivity contribution in [2.75, 3.05) is 7.11 Å². The highest BCUT2D eigenvalue weighted by Crippen LogP contribution is 2.34. The average molecular weight is 278 g/mol. The highest BCUT2D eigenvalue weighted by Gasteiger charge is 2.33. The van der Waals surface area contributed by atoms with Crippen molar-refractivity contribution < 1.29 is 17.9 Å². The van der Waals surface area contributed by atoms with Gasteiger partial charge < -0.3 is 4.74 Å². The van der Waals surface area contributed by atoms with Gasteiger partial charge in [0.1, 0.15) is 17.5 Å². The maximum absolute atomic E-state index is 12.7. The number of halogens is 3. The van der Waals surface area contributed by atoms with Crippen LogP contribution >= 0.6 is 0 Å². The van der Waals surface area contributed by atoms with Crippen LogP contribution in [0, 0.1) is 11.3 Å². The average Bonchev–Trinajstić information content (AvgIpc) is 2.45. The molecule has 0 aliphatic carbocycles. The van der Waals surface area contributed by atoms with Gasteiger partial charge in [-0.15, -0.1) is 0 Å². The summed E-state index contributed by atoms with van der Waals surface area (Å²) in [5.74, 6) is 0.357. The minimum Gasteiger partial charge on any atom is -0.496 e. The van der Waals surface area contributed by atoms with Crippen LogP contribution in [-0.2, 0) is 6.18 Å². The van der Waals surface area contributed by atoms with Gasteiger partial charge in [-0.05, 0) is 24.3 Å². The predicted octanol–water partition coefficient (Wildman–Crippen LogP) is 3.65. The molecule has 0 spiro atoms. The summed E-state index contributed by atoms with van der Waals surface area (Å²) in [5, 5.41) is 9.02. The molecule has 0 amide bonds. The number of alkyl halides is 3. The standard InChI is InChI=1S/C14H9F3N2O/c1-20-11-5-3-2-4-10(11)13-9(8-18)6-7-12(19-13)14(15,16)17/h2-7H,1H3. The Kier molecular flexibility index (Phi) is 3.61. The number of methoxy groups -OCH3 is 1. The summed E-state index contributed by atoms with van der Waals surface area (Å²) in [5.41, 5.74) is -0.683. The molecule has 0 unspecified atom stereocenters. The largest absolute Gasteiger partial charge is 0.496 e. The molecule has 1 heterocycles. The van der Waals surface area contributed by atoms with E-state index in [2.05, 4.69) is 4.98 Å². The molecule has 20 heavy (non-hydrogen) atoms. The molecule has 1 aromatic carbocycles. The van der Waals surface area contributed by atoms with Crippen molar-refractivity contribution in [3.63, 3.8) is 0 Å². The molecule has 0 aliphatic heterocycles. The quantitative estimate of drug-likeness (QED) is 0.842. The first-order chi connectivity index (χ1) is 9.47. The van der Waals surface area contributed by atoms with Gasteiger partial charge in [-0.3, -0.25) is 0 Å². The van der Waals surface area contributed by atoms with E-state index in [1.165, 1.54) is 7.11 Å². The third-order valence-corrected chi connectivity index (χ3v) is 2.67. The lowest BCUT2D eigenvalue weighted by Gasteiger charge is -2.12. The zero-order valence-electron chi connectivity index (χ0n) is 10.4. The van der Waals surface area contributed by atoms with E-state index in [0.717, 1.165) is 12.1 Å². The van der Waals surface area contributed by atoms with Gasteiger partial charge in [0.05, 0.1) is 18.4 Å². The molecule has 102 valence electrons. The van der Waals surface area contributed by atoms with Crippen LogP contribution in [0.3, 0.4) is 0 Å². The normalized spacial score (nSPS) is 10.9. The molecule has 2 rings (SSSR count). The van der Waals surface area contributed by atoms with E-state index in [1.807, 2.05) is 6.07 Å². The van der Waals surface area contributed by atoms with Crippen LogP contribution < -0.4 is 4.74 Å². The molecule has 0 aliphatic rings. The van der Waals surface area contributed by atoms with Gasteiger partial charge in [0.15, 0.2) is 0 Å². The Morgan fingerprint density at radius 2 is 1.85 bits per heavy atom. The molecule has 0 atom stereocenters. The Bertz CT molecular complexity index is 675. The summed E-state index contributed by atoms with van der Waals surface area (Å²) < 4.78 is 43.3. The second-order valence-corrected chi connectivity index (χ2v) is 3.90. The third kappa shape index (κ3) is 2.57. The molecule has 0 radical (unpaired) electrons. The monoisotopic (exact) mass is 278 g/mol. The fourth-order valence-corrected chi connectivity index (χ4v) is 1.75. The summed E-state index contributed by atoms with van der Waals surface area (Å²) in [4.78, 5) is 3.57. The number of hydrogen-bond acceptors (Lipinski definition) is 3. The predicted molar refractivity (Wildman–Crippen MR) is 65.9 cm³/mol. The highest BCUT2D eigenvalue weighted by molar-refractivity contribution is 5.72. The molecule has 0 saturated carbocycles. The molecule has 0 bridgehead atoms. The van der Waals surface area contributed by atoms with Gasteiger partial charge in [0.2, 0.25) is 0 Å². The maximum atomic E-state index is 12.7. The van der Waals surface area contributed by atoms with Crippen molar-refractivity contribution in [1.82, 2.24) is 4.98 Å². The topological polar surface area (TPSA) is 45.9 Å². The molecular weight excluding hydrogens is 269 g/mol. The third-order valence-electron chi connectivity index (χ3n) is 2.67. The van der Waals surface area contributed by atoms with Gasteiger partial charge >= 0.3 is 6.18 Å². The van der Waals surface area contributed by atoms with E-state index in [9.17, 15) is 13.2 Å². The molecule has 0 saturated heterocycles. The fraction of sp³-hybridized carbons (Fsp3) is 0.143. The number of pyridine rings is 1. The van der Waals surface area contributed by atoms with Gasteiger partial charge in [0, 0.05) is 5.56 Å². The van der Waals surface area contributed by atoms with Crippen LogP contribution in [0.5, 0.6) is 5.75 Å². The number of aromatic nitrogens is 1. The lowest BCUT2D eigenvalue weighted by Crippen LogP contribution is -2.09. The zero-order valence-corrected chi connectivity index (χ0v) is 10.4. The number of para-hydroxylation sites is 1. The Morgan fingerprint density at radius 1 is 1.15 bits per heavy atom. The van der Waals surface area contributed by atoms with E-state index in [-0.39, 0.29) is 11.3 Å². The van der Waals surface area contributed by atoms with Crippen molar-refractivity contribution in [1.29, 1.82) is 5.26 Å². The van der Waals surface area contributed by atoms with Gasteiger partial charge in [-0.2, -0.15) is 18.4 Å². The number of ether oxygens (including phenoxy) is 1. The number of rotatable bonds is 2. The number of nitrogens with zero attached hydrogens (tertiary/aromatic N) is 2. The van der Waals surface area contributed by atoms with Crippen molar-refractivity contribution in [2.45, 2.75) is 6.18 Å². The molecule has 6 heteroatoms. The van der Waals surface area contributed by atoms with E-state index >= 15 is 0 Å². The van der Waals surface area contributed by atoms with Crippen LogP contribution in [0.15, 0.2) is 36.4 Å². The molecule has 2 aromatic rings. The lowest BCUT2D eigenvalue weighted by atomic mass is 10.0. The first kappa shape index (κ1) is 13.9. The molecule has 0 N–H and O–H groups in total. The highest BCUT2D eigenvalue weighted by atomic mass is 19.4. The molecule has 3 nitrogen and oxygen atoms in total. The first-order valence-electron chi connectivity index (χ1n) is 5.59. The van der Waals surface area contributed by atoms with E-state index in [1.54, 1.807) is 24.3 Å². The van der Waals surface area contributed by atoms with Crippen molar-refractivity contribution in [3.05, 3.63) is 47.7 Å². The fourth-order valence-electron chi connectivity index (χ4n) is 1.75. The van der Waals surface area contributed by atoms with Crippen LogP contribution in [0.1, 0.15) is 11.3 Å². The molecular formula is C14H9F3N2O. The summed E-state index contributed by atoms with van der Waals surface area (Å²) in [7, 11) is 1.40. The van der Waals surface area contributed by atoms with Gasteiger partial charge in [-0.1, -0.05) is 12.1 Å². The van der Waals surface area contributed by atoms with E-state index in [0.29, 0.717) is 11.3 Å². The minimum absolute atomic E-state index is 0.0419. The van der Waals surface area contributed by atoms with Crippen molar-refractivity contribution in [3.8, 4) is 23.1 Å². The Labute approximate surface area is 113 Å². The Balaban J connectivity index is 2.69. The van der Waals surface area contributed by atoms with Gasteiger partial charge in [0.25, 0.3) is 0 Å². The minimum atomic E-state index is -4.56. The zero-order chi connectivity index (χ0) is 14.8. The van der Waals surface area contributed by atoms with Crippen molar-refractivity contribution >= 4 is 0 Å². The second kappa shape index (κ2) is 5.21. The van der Waals surface area contributed by atoms with Crippen LogP contribution in [0.2, 0.25) is 0 Å². The summed E-state index contributed by atoms with van der Waals surface area (Å²) >= 11 is 0. The van der Waals surface area contributed by atoms with Crippen molar-refractivity contribution in [2.24, 2.45) is 0 Å². The smallest absolute Gasteiger partial charge is 0.433 e. The second-order valence-electron chi connectivity index (χ2n) is 3.90. The summed E-state index contributed by atoms with van der Waals surface area (Å²) in [6.45, 7) is 0. The van der Waals surface area contributed by atoms with Gasteiger partial charge in [-0.25, -0.2) is 4.98 Å². The first-order valence-corrected chi connectivity index (χ1v) is 5.59. The van der Waals surface area contributed by atoms with Crippen LogP contribution in [0.4, 0.5) is 13.2 Å². The van der Waals surface area contributed by atoms with E-state index < -0.39 is 11.9 Å². The molecule has 0 fully saturated rings. The Hall–Kier alpha value is -2.55. The van der Waals surface area contributed by atoms with E-state index in [4.69, 9.17) is 10.00 Å². The summed E-state index contributed by atoms with van der Waals surface area (Å²) in [6.07, 6.45) is -4.56. The molecule has 1 aromatic heterocycles. The lowest BCUT2D eigenvalue weighted by molar-refractivity contribution is -0.141. The summed E-state index contributed by atoms with van der Waals surface area (Å²) in [6, 6.07) is 10.2. The van der Waals surface area contributed by atoms with Crippen LogP contribution in [0.25, 0.3) is 11.3 Å². The SMILES string of the molecule is COc1ccccc1-c1nc(C(F)(F)F)ccc1C#N. The van der Waals surface area contributed by atoms with Crippen LogP contribution in [-0.4, -0.2) is 12.1 Å². The number of hydrogen-bond donors (Lipinski definition) is 0. The Morgan fingerprint density at radius 3 is 2.45 bits per heavy atom.